The summed E-state index contributed by atoms with van der Waals surface area (Å²) in [5.41, 5.74) is -0.882. The van der Waals surface area contributed by atoms with Gasteiger partial charge in [-0.05, 0) is 6.92 Å². The van der Waals surface area contributed by atoms with Crippen LogP contribution in [0, 0.1) is 0 Å². The number of guanidine groups is 1. The van der Waals surface area contributed by atoms with E-state index in [1.165, 1.54) is 0 Å². The van der Waals surface area contributed by atoms with Crippen molar-refractivity contribution in [3.63, 3.8) is 0 Å². The molecule has 7 nitrogen and oxygen atoms in total. The van der Waals surface area contributed by atoms with Crippen LogP contribution in [0.2, 0.25) is 0 Å². The molecule has 25 heavy (non-hydrogen) atoms. The lowest BCUT2D eigenvalue weighted by atomic mass is 10.3. The normalized spacial score (nSPS) is 16.1. The highest BCUT2D eigenvalue weighted by Crippen LogP contribution is 2.29. The first-order valence-electron chi connectivity index (χ1n) is 7.74. The number of carbonyl (C=O) groups excluding carboxylic acids is 1. The molecule has 1 aliphatic rings. The highest BCUT2D eigenvalue weighted by atomic mass is 32.1. The van der Waals surface area contributed by atoms with E-state index >= 15 is 0 Å². The number of alkyl halides is 3. The summed E-state index contributed by atoms with van der Waals surface area (Å²) in [6.45, 7) is 4.35. The standard InChI is InChI=1S/C14H20F3N5O2S/c1-3-24-13(23)22-6-4-21(5-7-22)12(18-2)19-8-11-20-10(9-25-11)14(15,16)17/h9H,3-8H2,1-2H3,(H,18,19). The number of rotatable bonds is 3. The van der Waals surface area contributed by atoms with Gasteiger partial charge in [-0.25, -0.2) is 9.78 Å². The Balaban J connectivity index is 1.85. The van der Waals surface area contributed by atoms with E-state index < -0.39 is 11.9 Å². The van der Waals surface area contributed by atoms with Gasteiger partial charge in [-0.1, -0.05) is 0 Å². The fraction of sp³-hybridized carbons (Fsp3) is 0.643. The molecule has 0 aromatic carbocycles. The molecule has 1 amide bonds. The van der Waals surface area contributed by atoms with Crippen LogP contribution in [0.25, 0.3) is 0 Å². The van der Waals surface area contributed by atoms with Crippen LogP contribution in [0.15, 0.2) is 10.4 Å². The van der Waals surface area contributed by atoms with E-state index in [0.717, 1.165) is 16.7 Å². The van der Waals surface area contributed by atoms with Gasteiger partial charge >= 0.3 is 12.3 Å². The molecule has 1 fully saturated rings. The zero-order valence-electron chi connectivity index (χ0n) is 14.0. The number of carbonyl (C=O) groups is 1. The minimum absolute atomic E-state index is 0.158. The zero-order valence-corrected chi connectivity index (χ0v) is 14.8. The zero-order chi connectivity index (χ0) is 18.4. The number of aliphatic imine (C=N–C) groups is 1. The summed E-state index contributed by atoms with van der Waals surface area (Å²) in [6.07, 6.45) is -4.77. The predicted molar refractivity (Wildman–Crippen MR) is 87.5 cm³/mol. The maximum Gasteiger partial charge on any atom is 0.434 e. The Labute approximate surface area is 147 Å². The lowest BCUT2D eigenvalue weighted by Crippen LogP contribution is -2.53. The molecule has 140 valence electrons. The van der Waals surface area contributed by atoms with Crippen molar-refractivity contribution in [2.45, 2.75) is 19.6 Å². The molecule has 1 saturated heterocycles. The molecular formula is C14H20F3N5O2S. The van der Waals surface area contributed by atoms with Gasteiger partial charge in [0, 0.05) is 38.6 Å². The second-order valence-corrected chi connectivity index (χ2v) is 6.14. The lowest BCUT2D eigenvalue weighted by molar-refractivity contribution is -0.140. The number of piperazine rings is 1. The summed E-state index contributed by atoms with van der Waals surface area (Å²) in [7, 11) is 1.60. The number of ether oxygens (including phenoxy) is 1. The predicted octanol–water partition coefficient (Wildman–Crippen LogP) is 2.01. The first-order chi connectivity index (χ1) is 11.8. The van der Waals surface area contributed by atoms with Crippen LogP contribution >= 0.6 is 11.3 Å². The molecule has 11 heteroatoms. The van der Waals surface area contributed by atoms with E-state index in [4.69, 9.17) is 4.74 Å². The van der Waals surface area contributed by atoms with Crippen molar-refractivity contribution in [3.8, 4) is 0 Å². The fourth-order valence-corrected chi connectivity index (χ4v) is 3.07. The van der Waals surface area contributed by atoms with Gasteiger partial charge in [-0.3, -0.25) is 4.99 Å². The summed E-state index contributed by atoms with van der Waals surface area (Å²) < 4.78 is 42.7. The number of aromatic nitrogens is 1. The van der Waals surface area contributed by atoms with Crippen LogP contribution in [-0.4, -0.2) is 66.7 Å². The minimum Gasteiger partial charge on any atom is -0.450 e. The summed E-state index contributed by atoms with van der Waals surface area (Å²) in [5, 5.41) is 4.34. The van der Waals surface area contributed by atoms with Crippen LogP contribution in [0.4, 0.5) is 18.0 Å². The molecule has 0 radical (unpaired) electrons. The highest BCUT2D eigenvalue weighted by molar-refractivity contribution is 7.09. The van der Waals surface area contributed by atoms with Crippen molar-refractivity contribution >= 4 is 23.4 Å². The smallest absolute Gasteiger partial charge is 0.434 e. The van der Waals surface area contributed by atoms with E-state index in [9.17, 15) is 18.0 Å². The summed E-state index contributed by atoms with van der Waals surface area (Å²) >= 11 is 0.949. The number of hydrogen-bond donors (Lipinski definition) is 1. The summed E-state index contributed by atoms with van der Waals surface area (Å²) in [4.78, 5) is 22.9. The van der Waals surface area contributed by atoms with Crippen molar-refractivity contribution in [2.24, 2.45) is 4.99 Å². The van der Waals surface area contributed by atoms with Crippen molar-refractivity contribution < 1.29 is 22.7 Å². The Morgan fingerprint density at radius 2 is 2.00 bits per heavy atom. The van der Waals surface area contributed by atoms with Gasteiger partial charge in [0.25, 0.3) is 0 Å². The Bertz CT molecular complexity index is 612. The van der Waals surface area contributed by atoms with E-state index in [-0.39, 0.29) is 12.6 Å². The van der Waals surface area contributed by atoms with E-state index in [0.29, 0.717) is 43.8 Å². The first-order valence-corrected chi connectivity index (χ1v) is 8.62. The van der Waals surface area contributed by atoms with E-state index in [1.54, 1.807) is 18.9 Å². The van der Waals surface area contributed by atoms with Crippen LogP contribution in [0.3, 0.4) is 0 Å². The third-order valence-corrected chi connectivity index (χ3v) is 4.41. The number of nitrogens with one attached hydrogen (secondary N) is 1. The first kappa shape index (κ1) is 19.3. The van der Waals surface area contributed by atoms with Crippen LogP contribution < -0.4 is 5.32 Å². The lowest BCUT2D eigenvalue weighted by Gasteiger charge is -2.35. The molecule has 0 aliphatic carbocycles. The Hall–Kier alpha value is -2.04. The Morgan fingerprint density at radius 3 is 2.52 bits per heavy atom. The molecule has 2 heterocycles. The molecule has 0 spiro atoms. The van der Waals surface area contributed by atoms with Gasteiger partial charge in [-0.15, -0.1) is 11.3 Å². The molecule has 0 atom stereocenters. The quantitative estimate of drug-likeness (QED) is 0.643. The van der Waals surface area contributed by atoms with Crippen molar-refractivity contribution in [3.05, 3.63) is 16.1 Å². The Kier molecular flexibility index (Phi) is 6.45. The third kappa shape index (κ3) is 5.21. The van der Waals surface area contributed by atoms with Gasteiger partial charge in [0.05, 0.1) is 13.2 Å². The molecule has 1 N–H and O–H groups in total. The largest absolute Gasteiger partial charge is 0.450 e. The number of halogens is 3. The molecule has 0 bridgehead atoms. The second kappa shape index (κ2) is 8.37. The van der Waals surface area contributed by atoms with Crippen LogP contribution in [-0.2, 0) is 17.5 Å². The van der Waals surface area contributed by atoms with Crippen molar-refractivity contribution in [2.75, 3.05) is 39.8 Å². The molecule has 0 saturated carbocycles. The molecule has 2 rings (SSSR count). The molecule has 1 aromatic heterocycles. The fourth-order valence-electron chi connectivity index (χ4n) is 2.32. The number of hydrogen-bond acceptors (Lipinski definition) is 5. The van der Waals surface area contributed by atoms with Gasteiger partial charge in [0.1, 0.15) is 5.01 Å². The summed E-state index contributed by atoms with van der Waals surface area (Å²) in [5.74, 6) is 0.562. The van der Waals surface area contributed by atoms with Crippen molar-refractivity contribution in [1.82, 2.24) is 20.1 Å². The van der Waals surface area contributed by atoms with E-state index in [1.807, 2.05) is 4.90 Å². The molecule has 1 aromatic rings. The number of thiazole rings is 1. The molecule has 0 unspecified atom stereocenters. The summed E-state index contributed by atoms with van der Waals surface area (Å²) in [6, 6.07) is 0. The highest BCUT2D eigenvalue weighted by Gasteiger charge is 2.33. The maximum atomic E-state index is 12.6. The third-order valence-electron chi connectivity index (χ3n) is 3.56. The average molecular weight is 379 g/mol. The Morgan fingerprint density at radius 1 is 1.36 bits per heavy atom. The second-order valence-electron chi connectivity index (χ2n) is 5.20. The maximum absolute atomic E-state index is 12.6. The molecular weight excluding hydrogens is 359 g/mol. The minimum atomic E-state index is -4.43. The number of amides is 1. The topological polar surface area (TPSA) is 70.1 Å². The molecule has 1 aliphatic heterocycles. The van der Waals surface area contributed by atoms with Gasteiger partial charge in [0.15, 0.2) is 11.7 Å². The van der Waals surface area contributed by atoms with E-state index in [2.05, 4.69) is 15.3 Å². The van der Waals surface area contributed by atoms with Gasteiger partial charge < -0.3 is 19.9 Å². The monoisotopic (exact) mass is 379 g/mol. The number of nitrogens with zero attached hydrogens (tertiary/aromatic N) is 4. The van der Waals surface area contributed by atoms with Gasteiger partial charge in [-0.2, -0.15) is 13.2 Å². The van der Waals surface area contributed by atoms with Gasteiger partial charge in [0.2, 0.25) is 0 Å². The van der Waals surface area contributed by atoms with Crippen LogP contribution in [0.1, 0.15) is 17.6 Å². The van der Waals surface area contributed by atoms with Crippen molar-refractivity contribution in [1.29, 1.82) is 0 Å². The average Bonchev–Trinajstić information content (AvgIpc) is 3.05. The van der Waals surface area contributed by atoms with Crippen LogP contribution in [0.5, 0.6) is 0 Å². The SMILES string of the molecule is CCOC(=O)N1CCN(C(=NC)NCc2nc(C(F)(F)F)cs2)CC1.